The van der Waals surface area contributed by atoms with Crippen molar-refractivity contribution in [2.75, 3.05) is 31.1 Å². The van der Waals surface area contributed by atoms with E-state index in [0.29, 0.717) is 0 Å². The number of halogens is 1. The van der Waals surface area contributed by atoms with Crippen LogP contribution in [0.2, 0.25) is 0 Å². The molecule has 16 heavy (non-hydrogen) atoms. The molecule has 1 saturated heterocycles. The van der Waals surface area contributed by atoms with Gasteiger partial charge in [0.05, 0.1) is 11.9 Å². The minimum atomic E-state index is 0.978. The largest absolute Gasteiger partial charge is 0.368 e. The van der Waals surface area contributed by atoms with Crippen molar-refractivity contribution >= 4 is 27.3 Å². The highest BCUT2D eigenvalue weighted by Crippen LogP contribution is 2.19. The van der Waals surface area contributed by atoms with Gasteiger partial charge in [-0.25, -0.2) is 4.98 Å². The van der Waals surface area contributed by atoms with Gasteiger partial charge in [0, 0.05) is 32.4 Å². The molecule has 0 saturated carbocycles. The fourth-order valence-corrected chi connectivity index (χ4v) is 2.44. The predicted molar refractivity (Wildman–Crippen MR) is 68.0 cm³/mol. The second-order valence-electron chi connectivity index (χ2n) is 3.93. The van der Waals surface area contributed by atoms with E-state index in [9.17, 15) is 0 Å². The summed E-state index contributed by atoms with van der Waals surface area (Å²) in [6.07, 6.45) is 3.97. The zero-order chi connectivity index (χ0) is 11.0. The van der Waals surface area contributed by atoms with Gasteiger partial charge in [-0.2, -0.15) is 0 Å². The predicted octanol–water partition coefficient (Wildman–Crippen LogP) is 1.51. The average molecular weight is 281 g/mol. The molecule has 4 nitrogen and oxygen atoms in total. The molecule has 0 atom stereocenters. The van der Waals surface area contributed by atoms with Crippen molar-refractivity contribution < 1.29 is 0 Å². The Kier molecular flexibility index (Phi) is 2.57. The summed E-state index contributed by atoms with van der Waals surface area (Å²) in [6.45, 7) is 4.25. The van der Waals surface area contributed by atoms with Gasteiger partial charge in [0.15, 0.2) is 0 Å². The van der Waals surface area contributed by atoms with E-state index in [-0.39, 0.29) is 0 Å². The van der Waals surface area contributed by atoms with Crippen molar-refractivity contribution in [3.8, 4) is 0 Å². The van der Waals surface area contributed by atoms with Crippen LogP contribution in [0.15, 0.2) is 29.1 Å². The molecule has 0 radical (unpaired) electrons. The number of pyridine rings is 1. The lowest BCUT2D eigenvalue weighted by Gasteiger charge is -2.29. The molecule has 3 rings (SSSR count). The molecule has 0 unspecified atom stereocenters. The van der Waals surface area contributed by atoms with Crippen molar-refractivity contribution in [3.63, 3.8) is 0 Å². The Balaban J connectivity index is 1.99. The lowest BCUT2D eigenvalue weighted by Crippen LogP contribution is -2.43. The highest BCUT2D eigenvalue weighted by atomic mass is 79.9. The zero-order valence-corrected chi connectivity index (χ0v) is 10.4. The van der Waals surface area contributed by atoms with E-state index >= 15 is 0 Å². The summed E-state index contributed by atoms with van der Waals surface area (Å²) in [5, 5.41) is 3.36. The van der Waals surface area contributed by atoms with E-state index in [4.69, 9.17) is 0 Å². The first-order chi connectivity index (χ1) is 7.84. The van der Waals surface area contributed by atoms with E-state index in [2.05, 4.69) is 53.9 Å². The highest BCUT2D eigenvalue weighted by molar-refractivity contribution is 9.10. The van der Waals surface area contributed by atoms with Gasteiger partial charge in [0.2, 0.25) is 0 Å². The van der Waals surface area contributed by atoms with Gasteiger partial charge in [-0.15, -0.1) is 0 Å². The Morgan fingerprint density at radius 3 is 2.88 bits per heavy atom. The Labute approximate surface area is 102 Å². The molecule has 1 fully saturated rings. The van der Waals surface area contributed by atoms with Crippen LogP contribution in [0.5, 0.6) is 0 Å². The van der Waals surface area contributed by atoms with Gasteiger partial charge in [-0.3, -0.25) is 4.40 Å². The molecule has 0 bridgehead atoms. The number of hydrogen-bond donors (Lipinski definition) is 1. The molecule has 1 aliphatic heterocycles. The number of imidazole rings is 1. The third-order valence-corrected chi connectivity index (χ3v) is 3.51. The normalized spacial score (nSPS) is 16.9. The van der Waals surface area contributed by atoms with E-state index in [1.165, 1.54) is 5.69 Å². The smallest absolute Gasteiger partial charge is 0.137 e. The number of anilines is 1. The van der Waals surface area contributed by atoms with Crippen LogP contribution in [-0.4, -0.2) is 35.6 Å². The molecule has 2 aromatic heterocycles. The lowest BCUT2D eigenvalue weighted by atomic mass is 10.3. The summed E-state index contributed by atoms with van der Waals surface area (Å²) in [5.74, 6) is 0. The second kappa shape index (κ2) is 4.07. The maximum Gasteiger partial charge on any atom is 0.137 e. The van der Waals surface area contributed by atoms with Crippen LogP contribution in [0.25, 0.3) is 5.65 Å². The minimum absolute atomic E-state index is 0.978. The van der Waals surface area contributed by atoms with E-state index in [1.807, 2.05) is 6.20 Å². The van der Waals surface area contributed by atoms with Gasteiger partial charge < -0.3 is 10.2 Å². The van der Waals surface area contributed by atoms with E-state index < -0.39 is 0 Å². The van der Waals surface area contributed by atoms with E-state index in [1.54, 1.807) is 0 Å². The maximum absolute atomic E-state index is 4.29. The SMILES string of the molecule is Brc1cnc2ccc(N3CCNCC3)cn12. The number of rotatable bonds is 1. The Hall–Kier alpha value is -1.07. The standard InChI is InChI=1S/C11H13BrN4/c12-10-7-14-11-2-1-9(8-16(10)11)15-5-3-13-4-6-15/h1-2,7-8,13H,3-6H2. The number of hydrogen-bond acceptors (Lipinski definition) is 3. The van der Waals surface area contributed by atoms with Crippen LogP contribution < -0.4 is 10.2 Å². The molecule has 0 spiro atoms. The molecule has 1 N–H and O–H groups in total. The number of piperazine rings is 1. The van der Waals surface area contributed by atoms with Crippen LogP contribution in [0, 0.1) is 0 Å². The fraction of sp³-hybridized carbons (Fsp3) is 0.364. The molecular weight excluding hydrogens is 268 g/mol. The van der Waals surface area contributed by atoms with Crippen LogP contribution in [0.1, 0.15) is 0 Å². The first-order valence-electron chi connectivity index (χ1n) is 5.43. The quantitative estimate of drug-likeness (QED) is 0.860. The first kappa shape index (κ1) is 10.1. The van der Waals surface area contributed by atoms with Crippen molar-refractivity contribution in [1.29, 1.82) is 0 Å². The monoisotopic (exact) mass is 280 g/mol. The summed E-state index contributed by atoms with van der Waals surface area (Å²) in [6, 6.07) is 4.20. The van der Waals surface area contributed by atoms with Gasteiger partial charge in [-0.05, 0) is 28.1 Å². The van der Waals surface area contributed by atoms with Crippen molar-refractivity contribution in [1.82, 2.24) is 14.7 Å². The average Bonchev–Trinajstić information content (AvgIpc) is 2.72. The van der Waals surface area contributed by atoms with Gasteiger partial charge in [0.25, 0.3) is 0 Å². The third-order valence-electron chi connectivity index (χ3n) is 2.93. The summed E-state index contributed by atoms with van der Waals surface area (Å²) < 4.78 is 3.07. The topological polar surface area (TPSA) is 32.6 Å². The molecule has 3 heterocycles. The summed E-state index contributed by atoms with van der Waals surface area (Å²) in [4.78, 5) is 6.68. The molecule has 5 heteroatoms. The molecule has 0 aliphatic carbocycles. The van der Waals surface area contributed by atoms with Gasteiger partial charge >= 0.3 is 0 Å². The zero-order valence-electron chi connectivity index (χ0n) is 8.86. The number of nitrogens with zero attached hydrogens (tertiary/aromatic N) is 3. The second-order valence-corrected chi connectivity index (χ2v) is 4.75. The van der Waals surface area contributed by atoms with Crippen molar-refractivity contribution in [2.24, 2.45) is 0 Å². The van der Waals surface area contributed by atoms with Gasteiger partial charge in [-0.1, -0.05) is 0 Å². The molecular formula is C11H13BrN4. The Morgan fingerprint density at radius 1 is 1.25 bits per heavy atom. The number of fused-ring (bicyclic) bond motifs is 1. The van der Waals surface area contributed by atoms with Crippen LogP contribution >= 0.6 is 15.9 Å². The Morgan fingerprint density at radius 2 is 2.06 bits per heavy atom. The van der Waals surface area contributed by atoms with Crippen LogP contribution in [-0.2, 0) is 0 Å². The van der Waals surface area contributed by atoms with Crippen molar-refractivity contribution in [3.05, 3.63) is 29.1 Å². The number of aromatic nitrogens is 2. The van der Waals surface area contributed by atoms with Crippen LogP contribution in [0.4, 0.5) is 5.69 Å². The summed E-state index contributed by atoms with van der Waals surface area (Å²) in [7, 11) is 0. The minimum Gasteiger partial charge on any atom is -0.368 e. The third kappa shape index (κ3) is 1.70. The maximum atomic E-state index is 4.29. The number of nitrogens with one attached hydrogen (secondary N) is 1. The summed E-state index contributed by atoms with van der Waals surface area (Å²) >= 11 is 3.49. The molecule has 0 aromatic carbocycles. The van der Waals surface area contributed by atoms with Gasteiger partial charge in [0.1, 0.15) is 10.3 Å². The highest BCUT2D eigenvalue weighted by Gasteiger charge is 2.11. The first-order valence-corrected chi connectivity index (χ1v) is 6.22. The van der Waals surface area contributed by atoms with Crippen LogP contribution in [0.3, 0.4) is 0 Å². The molecule has 2 aromatic rings. The fourth-order valence-electron chi connectivity index (χ4n) is 2.05. The molecule has 0 amide bonds. The van der Waals surface area contributed by atoms with Crippen molar-refractivity contribution in [2.45, 2.75) is 0 Å². The summed E-state index contributed by atoms with van der Waals surface area (Å²) in [5.41, 5.74) is 2.23. The Bertz CT molecular complexity index is 502. The molecule has 1 aliphatic rings. The lowest BCUT2D eigenvalue weighted by molar-refractivity contribution is 0.588. The molecule has 84 valence electrons. The van der Waals surface area contributed by atoms with E-state index in [0.717, 1.165) is 36.4 Å².